The Morgan fingerprint density at radius 1 is 1.44 bits per heavy atom. The molecule has 0 saturated heterocycles. The van der Waals surface area contributed by atoms with E-state index < -0.39 is 12.0 Å². The number of nitrogens with one attached hydrogen (secondary N) is 1. The number of fused-ring (bicyclic) bond motifs is 1. The number of carboxylic acid groups (broad SMARTS) is 1. The Hall–Kier alpha value is -1.85. The van der Waals surface area contributed by atoms with Gasteiger partial charge in [-0.3, -0.25) is 4.79 Å². The number of aromatic nitrogens is 1. The topological polar surface area (TPSA) is 114 Å². The molecule has 0 unspecified atom stereocenters. The Morgan fingerprint density at radius 2 is 2.12 bits per heavy atom. The summed E-state index contributed by atoms with van der Waals surface area (Å²) in [7, 11) is 0. The van der Waals surface area contributed by atoms with Gasteiger partial charge in [-0.05, 0) is 11.6 Å². The summed E-state index contributed by atoms with van der Waals surface area (Å²) in [5, 5.41) is 9.75. The lowest BCUT2D eigenvalue weighted by molar-refractivity contribution is -0.138. The number of H-pyrrole nitrogens is 1. The lowest BCUT2D eigenvalue weighted by Gasteiger charge is -2.04. The van der Waals surface area contributed by atoms with E-state index in [2.05, 4.69) is 4.98 Å². The second kappa shape index (κ2) is 4.78. The highest BCUT2D eigenvalue weighted by atomic mass is 16.4. The molecule has 0 aliphatic rings. The highest BCUT2D eigenvalue weighted by Crippen LogP contribution is 2.18. The van der Waals surface area contributed by atoms with Crippen LogP contribution in [0.15, 0.2) is 30.5 Å². The third kappa shape index (κ3) is 2.21. The number of hydrogen-bond donors (Lipinski definition) is 4. The van der Waals surface area contributed by atoms with Crippen LogP contribution in [0.5, 0.6) is 0 Å². The van der Waals surface area contributed by atoms with E-state index >= 15 is 0 Å². The van der Waals surface area contributed by atoms with Crippen molar-refractivity contribution < 1.29 is 9.90 Å². The van der Waals surface area contributed by atoms with E-state index in [1.807, 2.05) is 30.5 Å². The molecule has 1 aromatic carbocycles. The van der Waals surface area contributed by atoms with Crippen LogP contribution in [0.2, 0.25) is 0 Å². The molecule has 0 fully saturated rings. The minimum atomic E-state index is -0.972. The van der Waals surface area contributed by atoms with Gasteiger partial charge in [0.2, 0.25) is 0 Å². The quantitative estimate of drug-likeness (QED) is 0.625. The highest BCUT2D eigenvalue weighted by Gasteiger charge is 2.14. The first-order chi connectivity index (χ1) is 7.18. The van der Waals surface area contributed by atoms with Crippen molar-refractivity contribution in [2.75, 3.05) is 0 Å². The van der Waals surface area contributed by atoms with Crippen molar-refractivity contribution in [2.24, 2.45) is 5.73 Å². The molecular formula is C11H15N3O2. The number of hydrogen-bond acceptors (Lipinski definition) is 3. The number of carbonyl (C=O) groups is 1. The molecule has 0 spiro atoms. The number of para-hydroxylation sites is 1. The molecule has 5 heteroatoms. The first-order valence-corrected chi connectivity index (χ1v) is 4.72. The van der Waals surface area contributed by atoms with Crippen molar-refractivity contribution in [1.29, 1.82) is 0 Å². The first-order valence-electron chi connectivity index (χ1n) is 4.72. The van der Waals surface area contributed by atoms with E-state index in [9.17, 15) is 4.79 Å². The van der Waals surface area contributed by atoms with Crippen molar-refractivity contribution in [3.63, 3.8) is 0 Å². The summed E-state index contributed by atoms with van der Waals surface area (Å²) in [6.07, 6.45) is 2.16. The molecule has 5 nitrogen and oxygen atoms in total. The zero-order valence-electron chi connectivity index (χ0n) is 8.81. The Morgan fingerprint density at radius 3 is 2.81 bits per heavy atom. The zero-order valence-corrected chi connectivity index (χ0v) is 8.81. The Kier molecular flexibility index (Phi) is 3.65. The average Bonchev–Trinajstić information content (AvgIpc) is 2.62. The van der Waals surface area contributed by atoms with Gasteiger partial charge in [0.05, 0.1) is 0 Å². The summed E-state index contributed by atoms with van der Waals surface area (Å²) in [6.45, 7) is 0. The fourth-order valence-corrected chi connectivity index (χ4v) is 1.62. The molecule has 0 bridgehead atoms. The summed E-state index contributed by atoms with van der Waals surface area (Å²) in [5.74, 6) is -0.972. The maximum atomic E-state index is 10.6. The molecule has 1 aromatic heterocycles. The lowest BCUT2D eigenvalue weighted by Crippen LogP contribution is -2.32. The van der Waals surface area contributed by atoms with Crippen molar-refractivity contribution in [1.82, 2.24) is 11.1 Å². The van der Waals surface area contributed by atoms with Gasteiger partial charge in [-0.25, -0.2) is 0 Å². The van der Waals surface area contributed by atoms with E-state index in [-0.39, 0.29) is 6.15 Å². The SMILES string of the molecule is N.N[C@@H](Cc1c[nH]c2ccccc12)C(=O)O. The van der Waals surface area contributed by atoms with Crippen LogP contribution in [0.4, 0.5) is 0 Å². The molecule has 0 amide bonds. The Bertz CT molecular complexity index is 493. The first kappa shape index (κ1) is 12.2. The largest absolute Gasteiger partial charge is 0.480 e. The predicted octanol–water partition coefficient (Wildman–Crippen LogP) is 1.28. The average molecular weight is 221 g/mol. The van der Waals surface area contributed by atoms with E-state index in [4.69, 9.17) is 10.8 Å². The minimum absolute atomic E-state index is 0. The van der Waals surface area contributed by atoms with Gasteiger partial charge in [-0.1, -0.05) is 18.2 Å². The third-order valence-electron chi connectivity index (χ3n) is 2.43. The van der Waals surface area contributed by atoms with E-state index in [0.717, 1.165) is 16.5 Å². The molecule has 0 saturated carbocycles. The van der Waals surface area contributed by atoms with Crippen LogP contribution in [0, 0.1) is 0 Å². The molecule has 16 heavy (non-hydrogen) atoms. The molecule has 86 valence electrons. The molecule has 0 radical (unpaired) electrons. The molecule has 0 aliphatic carbocycles. The highest BCUT2D eigenvalue weighted by molar-refractivity contribution is 5.84. The molecule has 2 rings (SSSR count). The van der Waals surface area contributed by atoms with E-state index in [1.54, 1.807) is 0 Å². The predicted molar refractivity (Wildman–Crippen MR) is 62.6 cm³/mol. The van der Waals surface area contributed by atoms with Gasteiger partial charge in [-0.15, -0.1) is 0 Å². The van der Waals surface area contributed by atoms with Crippen LogP contribution < -0.4 is 11.9 Å². The number of benzene rings is 1. The molecule has 1 heterocycles. The number of carboxylic acids is 1. The van der Waals surface area contributed by atoms with Crippen molar-refractivity contribution in [3.8, 4) is 0 Å². The summed E-state index contributed by atoms with van der Waals surface area (Å²) in [5.41, 5.74) is 7.43. The van der Waals surface area contributed by atoms with Crippen LogP contribution in [-0.4, -0.2) is 22.1 Å². The maximum Gasteiger partial charge on any atom is 0.320 e. The van der Waals surface area contributed by atoms with Gasteiger partial charge in [0.15, 0.2) is 0 Å². The standard InChI is InChI=1S/C11H12N2O2.H3N/c12-9(11(14)15)5-7-6-13-10-4-2-1-3-8(7)10;/h1-4,6,9,13H,5,12H2,(H,14,15);1H3/t9-;/m0./s1. The van der Waals surface area contributed by atoms with E-state index in [0.29, 0.717) is 6.42 Å². The van der Waals surface area contributed by atoms with Gasteiger partial charge in [-0.2, -0.15) is 0 Å². The Balaban J connectivity index is 0.00000128. The van der Waals surface area contributed by atoms with Gasteiger partial charge >= 0.3 is 5.97 Å². The minimum Gasteiger partial charge on any atom is -0.480 e. The van der Waals surface area contributed by atoms with Gasteiger partial charge in [0, 0.05) is 23.5 Å². The summed E-state index contributed by atoms with van der Waals surface area (Å²) >= 11 is 0. The second-order valence-electron chi connectivity index (χ2n) is 3.51. The summed E-state index contributed by atoms with van der Waals surface area (Å²) in [4.78, 5) is 13.7. The molecule has 7 N–H and O–H groups in total. The normalized spacial score (nSPS) is 12.1. The third-order valence-corrected chi connectivity index (χ3v) is 2.43. The smallest absolute Gasteiger partial charge is 0.320 e. The van der Waals surface area contributed by atoms with Crippen LogP contribution in [0.25, 0.3) is 10.9 Å². The maximum absolute atomic E-state index is 10.6. The van der Waals surface area contributed by atoms with Crippen LogP contribution in [0.3, 0.4) is 0 Å². The summed E-state index contributed by atoms with van der Waals surface area (Å²) < 4.78 is 0. The van der Waals surface area contributed by atoms with Crippen LogP contribution in [-0.2, 0) is 11.2 Å². The van der Waals surface area contributed by atoms with Crippen LogP contribution in [0.1, 0.15) is 5.56 Å². The molecular weight excluding hydrogens is 206 g/mol. The molecule has 0 aliphatic heterocycles. The van der Waals surface area contributed by atoms with E-state index in [1.165, 1.54) is 0 Å². The van der Waals surface area contributed by atoms with Crippen molar-refractivity contribution >= 4 is 16.9 Å². The monoisotopic (exact) mass is 221 g/mol. The number of aromatic amines is 1. The molecule has 1 atom stereocenters. The van der Waals surface area contributed by atoms with Crippen molar-refractivity contribution in [2.45, 2.75) is 12.5 Å². The zero-order chi connectivity index (χ0) is 10.8. The molecule has 2 aromatic rings. The van der Waals surface area contributed by atoms with Gasteiger partial charge < -0.3 is 22.0 Å². The fourth-order valence-electron chi connectivity index (χ4n) is 1.62. The Labute approximate surface area is 92.8 Å². The number of rotatable bonds is 3. The number of aliphatic carboxylic acids is 1. The number of nitrogens with two attached hydrogens (primary N) is 1. The van der Waals surface area contributed by atoms with Crippen molar-refractivity contribution in [3.05, 3.63) is 36.0 Å². The second-order valence-corrected chi connectivity index (χ2v) is 3.51. The van der Waals surface area contributed by atoms with Crippen LogP contribution >= 0.6 is 0 Å². The fraction of sp³-hybridized carbons (Fsp3) is 0.182. The lowest BCUT2D eigenvalue weighted by atomic mass is 10.1. The summed E-state index contributed by atoms with van der Waals surface area (Å²) in [6, 6.07) is 6.91. The van der Waals surface area contributed by atoms with Gasteiger partial charge in [0.25, 0.3) is 0 Å². The van der Waals surface area contributed by atoms with Gasteiger partial charge in [0.1, 0.15) is 6.04 Å².